The number of carbonyl (C=O) groups excluding carboxylic acids is 1. The number of carboxylic acid groups (broad SMARTS) is 1. The largest absolute Gasteiger partial charge is 0.506 e. The summed E-state index contributed by atoms with van der Waals surface area (Å²) in [5.41, 5.74) is -0.201. The fourth-order valence-corrected chi connectivity index (χ4v) is 6.18. The Morgan fingerprint density at radius 1 is 0.976 bits per heavy atom. The Morgan fingerprint density at radius 2 is 1.67 bits per heavy atom. The van der Waals surface area contributed by atoms with Gasteiger partial charge in [-0.3, -0.25) is 4.79 Å². The van der Waals surface area contributed by atoms with Gasteiger partial charge in [-0.2, -0.15) is 0 Å². The smallest absolute Gasteiger partial charge is 0.335 e. The zero-order chi connectivity index (χ0) is 30.2. The van der Waals surface area contributed by atoms with Crippen LogP contribution in [0.15, 0.2) is 48.5 Å². The number of hydrogen-bond acceptors (Lipinski definition) is 9. The minimum absolute atomic E-state index is 0.0259. The Kier molecular flexibility index (Phi) is 8.54. The van der Waals surface area contributed by atoms with Crippen molar-refractivity contribution >= 4 is 22.5 Å². The molecular weight excluding hydrogens is 544 g/mol. The molecule has 10 heteroatoms. The van der Waals surface area contributed by atoms with Crippen molar-refractivity contribution in [2.45, 2.75) is 88.2 Å². The van der Waals surface area contributed by atoms with Crippen LogP contribution in [0.1, 0.15) is 70.4 Å². The zero-order valence-corrected chi connectivity index (χ0v) is 23.3. The minimum atomic E-state index is -1.77. The van der Waals surface area contributed by atoms with E-state index in [0.717, 1.165) is 18.1 Å². The number of Topliss-reactive ketones (excluding diaryl/α,β-unsaturated/α-hetero) is 1. The fourth-order valence-electron chi connectivity index (χ4n) is 6.18. The zero-order valence-electron chi connectivity index (χ0n) is 23.3. The second-order valence-corrected chi connectivity index (χ2v) is 11.4. The van der Waals surface area contributed by atoms with Crippen LogP contribution in [0.3, 0.4) is 0 Å². The normalized spacial score (nSPS) is 25.7. The molecule has 1 saturated heterocycles. The van der Waals surface area contributed by atoms with Crippen molar-refractivity contribution in [3.8, 4) is 11.5 Å². The van der Waals surface area contributed by atoms with Gasteiger partial charge in [-0.1, -0.05) is 55.7 Å². The molecule has 3 aromatic rings. The molecule has 0 bridgehead atoms. The van der Waals surface area contributed by atoms with Crippen LogP contribution in [0, 0.1) is 6.92 Å². The van der Waals surface area contributed by atoms with E-state index in [1.54, 1.807) is 13.0 Å². The molecule has 1 aliphatic heterocycles. The number of fused-ring (bicyclic) bond motifs is 1. The monoisotopic (exact) mass is 580 g/mol. The van der Waals surface area contributed by atoms with Crippen molar-refractivity contribution in [3.05, 3.63) is 70.8 Å². The first kappa shape index (κ1) is 29.9. The van der Waals surface area contributed by atoms with E-state index < -0.39 is 48.0 Å². The van der Waals surface area contributed by atoms with E-state index in [1.807, 2.05) is 30.3 Å². The second kappa shape index (κ2) is 12.0. The van der Waals surface area contributed by atoms with Gasteiger partial charge in [0.2, 0.25) is 6.29 Å². The summed E-state index contributed by atoms with van der Waals surface area (Å²) in [6.45, 7) is 1.64. The van der Waals surface area contributed by atoms with Crippen LogP contribution in [0.4, 0.5) is 0 Å². The third kappa shape index (κ3) is 5.73. The summed E-state index contributed by atoms with van der Waals surface area (Å²) in [5.74, 6) is -2.22. The number of phenolic OH excluding ortho intramolecular Hbond substituents is 1. The number of carbonyl (C=O) groups is 2. The highest BCUT2D eigenvalue weighted by Gasteiger charge is 2.53. The van der Waals surface area contributed by atoms with Gasteiger partial charge in [-0.15, -0.1) is 0 Å². The predicted octanol–water partition coefficient (Wildman–Crippen LogP) is 3.25. The van der Waals surface area contributed by atoms with Gasteiger partial charge in [0, 0.05) is 6.42 Å². The average molecular weight is 581 g/mol. The molecule has 3 aromatic carbocycles. The fraction of sp³-hybridized carbons (Fsp3) is 0.438. The average Bonchev–Trinajstić information content (AvgIpc) is 2.96. The molecule has 1 aliphatic carbocycles. The minimum Gasteiger partial charge on any atom is -0.506 e. The lowest BCUT2D eigenvalue weighted by Gasteiger charge is -2.48. The van der Waals surface area contributed by atoms with Crippen LogP contribution >= 0.6 is 0 Å². The van der Waals surface area contributed by atoms with E-state index in [4.69, 9.17) is 9.47 Å². The number of carboxylic acids is 1. The summed E-state index contributed by atoms with van der Waals surface area (Å²) < 4.78 is 11.8. The van der Waals surface area contributed by atoms with Gasteiger partial charge in [0.1, 0.15) is 35.9 Å². The maximum Gasteiger partial charge on any atom is 0.335 e. The molecule has 0 radical (unpaired) electrons. The first-order chi connectivity index (χ1) is 20.0. The summed E-state index contributed by atoms with van der Waals surface area (Å²) in [6, 6.07) is 13.5. The molecule has 5 atom stereocenters. The number of benzene rings is 3. The first-order valence-electron chi connectivity index (χ1n) is 14.2. The first-order valence-corrected chi connectivity index (χ1v) is 14.2. The molecule has 42 heavy (non-hydrogen) atoms. The molecule has 0 aromatic heterocycles. The summed E-state index contributed by atoms with van der Waals surface area (Å²) in [5, 5.41) is 64.9. The van der Waals surface area contributed by atoms with Gasteiger partial charge in [0.15, 0.2) is 5.78 Å². The van der Waals surface area contributed by atoms with Crippen LogP contribution < -0.4 is 4.74 Å². The molecular formula is C32H36O10. The Balaban J connectivity index is 1.53. The molecule has 1 heterocycles. The molecule has 6 N–H and O–H groups in total. The third-order valence-electron chi connectivity index (χ3n) is 8.44. The summed E-state index contributed by atoms with van der Waals surface area (Å²) in [4.78, 5) is 25.3. The lowest BCUT2D eigenvalue weighted by atomic mass is 9.76. The van der Waals surface area contributed by atoms with E-state index in [9.17, 15) is 40.2 Å². The molecule has 2 aliphatic rings. The highest BCUT2D eigenvalue weighted by atomic mass is 16.7. The molecule has 5 rings (SSSR count). The molecule has 0 amide bonds. The number of hydrogen-bond donors (Lipinski definition) is 6. The summed E-state index contributed by atoms with van der Waals surface area (Å²) >= 11 is 0. The Bertz CT molecular complexity index is 1460. The topological polar surface area (TPSA) is 174 Å². The Labute approximate surface area is 242 Å². The number of ether oxygens (including phenoxy) is 2. The van der Waals surface area contributed by atoms with E-state index in [2.05, 4.69) is 0 Å². The third-order valence-corrected chi connectivity index (χ3v) is 8.44. The van der Waals surface area contributed by atoms with E-state index >= 15 is 0 Å². The van der Waals surface area contributed by atoms with Gasteiger partial charge in [0.25, 0.3) is 0 Å². The van der Waals surface area contributed by atoms with Gasteiger partial charge in [0.05, 0.1) is 22.1 Å². The number of aromatic hydroxyl groups is 1. The molecule has 0 spiro atoms. The predicted molar refractivity (Wildman–Crippen MR) is 152 cm³/mol. The number of ketones is 1. The van der Waals surface area contributed by atoms with Crippen LogP contribution in [-0.4, -0.2) is 78.7 Å². The number of aliphatic hydroxyl groups excluding tert-OH is 3. The van der Waals surface area contributed by atoms with E-state index in [0.29, 0.717) is 37.7 Å². The number of rotatable bonds is 8. The van der Waals surface area contributed by atoms with Crippen molar-refractivity contribution < 1.29 is 49.7 Å². The van der Waals surface area contributed by atoms with Gasteiger partial charge in [-0.25, -0.2) is 4.79 Å². The van der Waals surface area contributed by atoms with Crippen LogP contribution in [0.25, 0.3) is 10.8 Å². The van der Waals surface area contributed by atoms with Gasteiger partial charge >= 0.3 is 5.97 Å². The maximum absolute atomic E-state index is 13.3. The Hall–Kier alpha value is -3.54. The van der Waals surface area contributed by atoms with Crippen LogP contribution in [0.5, 0.6) is 11.5 Å². The summed E-state index contributed by atoms with van der Waals surface area (Å²) in [6.07, 6.45) is -4.57. The standard InChI is InChI=1S/C32H36O10/c1-17-14-19-15-20(30(38)39)16-22(24(19)25(34)23(17)21(33)11-10-18-8-4-2-5-9-18)41-31-28(37)26(35)27(36)29(42-31)32(40)12-6-3-7-13-32/h2,4-5,8-9,14-16,26-29,31,34-37,40H,3,6-7,10-13H2,1H3,(H,38,39)/t26-,27-,28+,29-,31+/m0/s1. The quantitative estimate of drug-likeness (QED) is 0.217. The van der Waals surface area contributed by atoms with Crippen molar-refractivity contribution in [2.24, 2.45) is 0 Å². The summed E-state index contributed by atoms with van der Waals surface area (Å²) in [7, 11) is 0. The number of aliphatic hydroxyl groups is 4. The highest BCUT2D eigenvalue weighted by molar-refractivity contribution is 6.09. The van der Waals surface area contributed by atoms with Crippen molar-refractivity contribution in [1.82, 2.24) is 0 Å². The van der Waals surface area contributed by atoms with Crippen LogP contribution in [-0.2, 0) is 11.2 Å². The lowest BCUT2D eigenvalue weighted by Crippen LogP contribution is -2.65. The molecule has 2 fully saturated rings. The van der Waals surface area contributed by atoms with E-state index in [1.165, 1.54) is 6.07 Å². The Morgan fingerprint density at radius 3 is 2.33 bits per heavy atom. The van der Waals surface area contributed by atoms with E-state index in [-0.39, 0.29) is 39.9 Å². The van der Waals surface area contributed by atoms with Crippen molar-refractivity contribution in [2.75, 3.05) is 0 Å². The number of phenols is 1. The van der Waals surface area contributed by atoms with Crippen molar-refractivity contribution in [1.29, 1.82) is 0 Å². The van der Waals surface area contributed by atoms with Gasteiger partial charge < -0.3 is 40.1 Å². The molecule has 224 valence electrons. The maximum atomic E-state index is 13.3. The van der Waals surface area contributed by atoms with Gasteiger partial charge in [-0.05, 0) is 54.8 Å². The lowest BCUT2D eigenvalue weighted by molar-refractivity contribution is -0.308. The van der Waals surface area contributed by atoms with Crippen molar-refractivity contribution in [3.63, 3.8) is 0 Å². The molecule has 1 saturated carbocycles. The molecule has 10 nitrogen and oxygen atoms in total. The SMILES string of the molecule is Cc1cc2cc(C(=O)O)cc(O[C@@H]3O[C@H](C4(O)CCCCC4)[C@@H](O)[C@H](O)[C@H]3O)c2c(O)c1C(=O)CCc1ccccc1. The number of aromatic carboxylic acids is 1. The van der Waals surface area contributed by atoms with Crippen LogP contribution in [0.2, 0.25) is 0 Å². The highest BCUT2D eigenvalue weighted by Crippen LogP contribution is 2.42. The second-order valence-electron chi connectivity index (χ2n) is 11.4. The number of aryl methyl sites for hydroxylation is 2. The molecule has 0 unspecified atom stereocenters.